The second-order valence-electron chi connectivity index (χ2n) is 3.81. The minimum Gasteiger partial charge on any atom is -0.481 e. The lowest BCUT2D eigenvalue weighted by Crippen LogP contribution is -2.29. The molecule has 92 valence electrons. The van der Waals surface area contributed by atoms with Crippen molar-refractivity contribution in [2.24, 2.45) is 5.92 Å². The van der Waals surface area contributed by atoms with E-state index in [9.17, 15) is 9.59 Å². The van der Waals surface area contributed by atoms with Crippen molar-refractivity contribution in [2.45, 2.75) is 6.42 Å². The number of thiophene rings is 1. The first-order valence-electron chi connectivity index (χ1n) is 4.96. The Morgan fingerprint density at radius 3 is 2.65 bits per heavy atom. The van der Waals surface area contributed by atoms with Crippen LogP contribution in [-0.2, 0) is 4.79 Å². The van der Waals surface area contributed by atoms with E-state index in [4.69, 9.17) is 28.3 Å². The minimum absolute atomic E-state index is 0.234. The summed E-state index contributed by atoms with van der Waals surface area (Å²) in [5.74, 6) is -1.59. The fourth-order valence-corrected chi connectivity index (χ4v) is 3.25. The zero-order valence-corrected chi connectivity index (χ0v) is 11.0. The van der Waals surface area contributed by atoms with Crippen LogP contribution in [0.4, 0.5) is 0 Å². The molecule has 0 aliphatic carbocycles. The van der Waals surface area contributed by atoms with Crippen LogP contribution in [0.15, 0.2) is 6.07 Å². The molecule has 2 rings (SSSR count). The Kier molecular flexibility index (Phi) is 3.61. The Morgan fingerprint density at radius 1 is 1.47 bits per heavy atom. The van der Waals surface area contributed by atoms with Gasteiger partial charge in [-0.05, 0) is 12.5 Å². The van der Waals surface area contributed by atoms with Crippen molar-refractivity contribution < 1.29 is 14.7 Å². The van der Waals surface area contributed by atoms with Gasteiger partial charge in [-0.3, -0.25) is 9.59 Å². The number of carbonyl (C=O) groups excluding carboxylic acids is 1. The van der Waals surface area contributed by atoms with E-state index in [1.165, 1.54) is 11.0 Å². The summed E-state index contributed by atoms with van der Waals surface area (Å²) in [5.41, 5.74) is 0.354. The predicted octanol–water partition coefficient (Wildman–Crippen LogP) is 2.60. The Morgan fingerprint density at radius 2 is 2.18 bits per heavy atom. The molecule has 0 unspecified atom stereocenters. The van der Waals surface area contributed by atoms with Crippen molar-refractivity contribution >= 4 is 46.4 Å². The van der Waals surface area contributed by atoms with Gasteiger partial charge in [-0.2, -0.15) is 0 Å². The third-order valence-electron chi connectivity index (χ3n) is 2.71. The second-order valence-corrected chi connectivity index (χ2v) is 6.10. The Bertz CT molecular complexity index is 474. The van der Waals surface area contributed by atoms with Crippen LogP contribution in [0, 0.1) is 5.92 Å². The van der Waals surface area contributed by atoms with Crippen molar-refractivity contribution in [2.75, 3.05) is 13.1 Å². The molecule has 1 N–H and O–H groups in total. The van der Waals surface area contributed by atoms with Crippen LogP contribution < -0.4 is 0 Å². The Hall–Kier alpha value is -0.780. The summed E-state index contributed by atoms with van der Waals surface area (Å²) in [7, 11) is 0. The third-order valence-corrected chi connectivity index (χ3v) is 4.20. The Balaban J connectivity index is 2.12. The zero-order chi connectivity index (χ0) is 12.6. The predicted molar refractivity (Wildman–Crippen MR) is 66.0 cm³/mol. The highest BCUT2D eigenvalue weighted by Gasteiger charge is 2.32. The van der Waals surface area contributed by atoms with Crippen molar-refractivity contribution in [3.63, 3.8) is 0 Å². The number of halogens is 2. The standard InChI is InChI=1S/C10H9Cl2NO3S/c11-7-3-6(8(12)17-7)9(14)13-2-1-5(4-13)10(15)16/h3,5H,1-2,4H2,(H,15,16)/t5-/m0/s1. The quantitative estimate of drug-likeness (QED) is 0.912. The van der Waals surface area contributed by atoms with E-state index in [0.717, 1.165) is 11.3 Å². The van der Waals surface area contributed by atoms with Gasteiger partial charge in [0.2, 0.25) is 0 Å². The molecule has 0 bridgehead atoms. The highest BCUT2D eigenvalue weighted by Crippen LogP contribution is 2.32. The van der Waals surface area contributed by atoms with E-state index in [1.807, 2.05) is 0 Å². The lowest BCUT2D eigenvalue weighted by atomic mass is 10.1. The molecular formula is C10H9Cl2NO3S. The van der Waals surface area contributed by atoms with Gasteiger partial charge in [0.05, 0.1) is 15.8 Å². The lowest BCUT2D eigenvalue weighted by Gasteiger charge is -2.14. The molecule has 0 aromatic carbocycles. The summed E-state index contributed by atoms with van der Waals surface area (Å²) < 4.78 is 0.797. The summed E-state index contributed by atoms with van der Waals surface area (Å²) in [5, 5.41) is 8.86. The van der Waals surface area contributed by atoms with Crippen molar-refractivity contribution in [1.29, 1.82) is 0 Å². The van der Waals surface area contributed by atoms with E-state index in [1.54, 1.807) is 0 Å². The zero-order valence-electron chi connectivity index (χ0n) is 8.65. The smallest absolute Gasteiger partial charge is 0.308 e. The molecule has 1 saturated heterocycles. The van der Waals surface area contributed by atoms with Gasteiger partial charge < -0.3 is 10.0 Å². The SMILES string of the molecule is O=C(O)[C@H]1CCN(C(=O)c2cc(Cl)sc2Cl)C1. The van der Waals surface area contributed by atoms with Gasteiger partial charge in [0.15, 0.2) is 0 Å². The summed E-state index contributed by atoms with van der Waals surface area (Å²) in [6.45, 7) is 0.678. The number of rotatable bonds is 2. The molecule has 0 radical (unpaired) electrons. The van der Waals surface area contributed by atoms with Crippen molar-refractivity contribution in [1.82, 2.24) is 4.90 Å². The van der Waals surface area contributed by atoms with Gasteiger partial charge in [-0.25, -0.2) is 0 Å². The second kappa shape index (κ2) is 4.84. The average Bonchev–Trinajstić information content (AvgIpc) is 2.84. The number of amides is 1. The fourth-order valence-electron chi connectivity index (χ4n) is 1.80. The van der Waals surface area contributed by atoms with Gasteiger partial charge in [0, 0.05) is 13.1 Å². The third kappa shape index (κ3) is 2.56. The maximum absolute atomic E-state index is 12.0. The first-order valence-corrected chi connectivity index (χ1v) is 6.53. The summed E-state index contributed by atoms with van der Waals surface area (Å²) in [6.07, 6.45) is 0.483. The van der Waals surface area contributed by atoms with E-state index < -0.39 is 11.9 Å². The highest BCUT2D eigenvalue weighted by molar-refractivity contribution is 7.20. The number of likely N-dealkylation sites (tertiary alicyclic amines) is 1. The topological polar surface area (TPSA) is 57.6 Å². The number of carboxylic acid groups (broad SMARTS) is 1. The van der Waals surface area contributed by atoms with Crippen LogP contribution in [0.25, 0.3) is 0 Å². The van der Waals surface area contributed by atoms with Crippen molar-refractivity contribution in [3.8, 4) is 0 Å². The summed E-state index contributed by atoms with van der Waals surface area (Å²) in [6, 6.07) is 1.52. The molecule has 1 fully saturated rings. The highest BCUT2D eigenvalue weighted by atomic mass is 35.5. The molecule has 1 aromatic heterocycles. The molecule has 1 aliphatic heterocycles. The maximum atomic E-state index is 12.0. The Labute approximate surface area is 112 Å². The van der Waals surface area contributed by atoms with Crippen molar-refractivity contribution in [3.05, 3.63) is 20.3 Å². The van der Waals surface area contributed by atoms with Crippen LogP contribution >= 0.6 is 34.5 Å². The monoisotopic (exact) mass is 293 g/mol. The van der Waals surface area contributed by atoms with Gasteiger partial charge in [0.25, 0.3) is 5.91 Å². The van der Waals surface area contributed by atoms with Crippen LogP contribution in [0.2, 0.25) is 8.67 Å². The van der Waals surface area contributed by atoms with E-state index in [0.29, 0.717) is 27.2 Å². The van der Waals surface area contributed by atoms with Crippen LogP contribution in [0.3, 0.4) is 0 Å². The number of aliphatic carboxylic acids is 1. The number of hydrogen-bond donors (Lipinski definition) is 1. The molecule has 17 heavy (non-hydrogen) atoms. The first kappa shape index (κ1) is 12.7. The molecule has 4 nitrogen and oxygen atoms in total. The number of carbonyl (C=O) groups is 2. The molecule has 0 saturated carbocycles. The van der Waals surface area contributed by atoms with Gasteiger partial charge in [0.1, 0.15) is 4.34 Å². The summed E-state index contributed by atoms with van der Waals surface area (Å²) >= 11 is 12.8. The minimum atomic E-state index is -0.866. The molecule has 7 heteroatoms. The number of nitrogens with zero attached hydrogens (tertiary/aromatic N) is 1. The molecule has 1 aromatic rings. The molecule has 0 spiro atoms. The van der Waals surface area contributed by atoms with Crippen LogP contribution in [0.5, 0.6) is 0 Å². The summed E-state index contributed by atoms with van der Waals surface area (Å²) in [4.78, 5) is 24.3. The first-order chi connectivity index (χ1) is 7.99. The fraction of sp³-hybridized carbons (Fsp3) is 0.400. The molecule has 1 amide bonds. The van der Waals surface area contributed by atoms with E-state index >= 15 is 0 Å². The lowest BCUT2D eigenvalue weighted by molar-refractivity contribution is -0.141. The molecule has 1 atom stereocenters. The normalized spacial score (nSPS) is 19.6. The van der Waals surface area contributed by atoms with Gasteiger partial charge in [-0.1, -0.05) is 23.2 Å². The van der Waals surface area contributed by atoms with E-state index in [2.05, 4.69) is 0 Å². The van der Waals surface area contributed by atoms with Crippen LogP contribution in [0.1, 0.15) is 16.8 Å². The van der Waals surface area contributed by atoms with E-state index in [-0.39, 0.29) is 12.5 Å². The average molecular weight is 294 g/mol. The molecular weight excluding hydrogens is 285 g/mol. The van der Waals surface area contributed by atoms with Gasteiger partial charge >= 0.3 is 5.97 Å². The largest absolute Gasteiger partial charge is 0.481 e. The number of carboxylic acids is 1. The molecule has 2 heterocycles. The maximum Gasteiger partial charge on any atom is 0.308 e. The van der Waals surface area contributed by atoms with Crippen LogP contribution in [-0.4, -0.2) is 35.0 Å². The van der Waals surface area contributed by atoms with Gasteiger partial charge in [-0.15, -0.1) is 11.3 Å². The molecule has 1 aliphatic rings. The number of hydrogen-bond acceptors (Lipinski definition) is 3.